The predicted molar refractivity (Wildman–Crippen MR) is 111 cm³/mol. The largest absolute Gasteiger partial charge is 0.497 e. The molecular formula is C19H13ClN2O3S2. The van der Waals surface area contributed by atoms with Crippen molar-refractivity contribution in [3.05, 3.63) is 64.0 Å². The van der Waals surface area contributed by atoms with Crippen LogP contribution in [0.4, 0.5) is 0 Å². The first-order chi connectivity index (χ1) is 13.0. The Morgan fingerprint density at radius 1 is 1.37 bits per heavy atom. The summed E-state index contributed by atoms with van der Waals surface area (Å²) in [5.74, 6) is 1.22. The van der Waals surface area contributed by atoms with Crippen LogP contribution in [0.25, 0.3) is 17.0 Å². The molecule has 3 aromatic rings. The molecule has 0 spiro atoms. The van der Waals surface area contributed by atoms with Crippen molar-refractivity contribution in [2.45, 2.75) is 6.54 Å². The summed E-state index contributed by atoms with van der Waals surface area (Å²) >= 11 is 12.9. The van der Waals surface area contributed by atoms with Crippen LogP contribution in [0.3, 0.4) is 0 Å². The number of rotatable bonds is 4. The Labute approximate surface area is 169 Å². The number of halogens is 1. The van der Waals surface area contributed by atoms with E-state index in [1.807, 2.05) is 24.3 Å². The van der Waals surface area contributed by atoms with E-state index in [9.17, 15) is 4.79 Å². The van der Waals surface area contributed by atoms with Crippen molar-refractivity contribution in [1.29, 1.82) is 0 Å². The van der Waals surface area contributed by atoms with Gasteiger partial charge in [0.05, 0.1) is 30.3 Å². The molecule has 2 aromatic heterocycles. The Kier molecular flexibility index (Phi) is 4.90. The zero-order valence-electron chi connectivity index (χ0n) is 14.1. The summed E-state index contributed by atoms with van der Waals surface area (Å²) in [7, 11) is 1.61. The summed E-state index contributed by atoms with van der Waals surface area (Å²) in [6, 6.07) is 11.0. The monoisotopic (exact) mass is 416 g/mol. The number of thioether (sulfide) groups is 1. The summed E-state index contributed by atoms with van der Waals surface area (Å²) < 4.78 is 11.0. The van der Waals surface area contributed by atoms with Crippen LogP contribution in [-0.2, 0) is 11.3 Å². The van der Waals surface area contributed by atoms with E-state index in [0.717, 1.165) is 16.7 Å². The first-order valence-corrected chi connectivity index (χ1v) is 9.57. The van der Waals surface area contributed by atoms with Crippen LogP contribution in [0.15, 0.2) is 52.0 Å². The molecule has 1 saturated heterocycles. The smallest absolute Gasteiger partial charge is 0.266 e. The lowest BCUT2D eigenvalue weighted by atomic mass is 10.1. The molecule has 0 radical (unpaired) electrons. The van der Waals surface area contributed by atoms with E-state index in [1.54, 1.807) is 31.6 Å². The molecule has 1 aliphatic rings. The number of amides is 1. The average Bonchev–Trinajstić information content (AvgIpc) is 3.26. The number of ether oxygens (including phenoxy) is 1. The molecule has 1 amide bonds. The highest BCUT2D eigenvalue weighted by Gasteiger charge is 2.32. The van der Waals surface area contributed by atoms with Gasteiger partial charge in [-0.15, -0.1) is 0 Å². The maximum Gasteiger partial charge on any atom is 0.266 e. The van der Waals surface area contributed by atoms with Crippen LogP contribution < -0.4 is 4.74 Å². The van der Waals surface area contributed by atoms with E-state index in [0.29, 0.717) is 32.2 Å². The number of pyridine rings is 1. The summed E-state index contributed by atoms with van der Waals surface area (Å²) in [6.45, 7) is 0.301. The van der Waals surface area contributed by atoms with Gasteiger partial charge in [0.15, 0.2) is 0 Å². The van der Waals surface area contributed by atoms with E-state index in [2.05, 4.69) is 4.98 Å². The van der Waals surface area contributed by atoms with E-state index in [1.165, 1.54) is 16.7 Å². The lowest BCUT2D eigenvalue weighted by molar-refractivity contribution is -0.122. The van der Waals surface area contributed by atoms with Gasteiger partial charge in [-0.3, -0.25) is 9.69 Å². The molecule has 1 aromatic carbocycles. The Morgan fingerprint density at radius 3 is 2.96 bits per heavy atom. The van der Waals surface area contributed by atoms with Crippen molar-refractivity contribution in [3.8, 4) is 5.75 Å². The molecule has 0 N–H and O–H groups in total. The van der Waals surface area contributed by atoms with Crippen molar-refractivity contribution in [2.75, 3.05) is 7.11 Å². The van der Waals surface area contributed by atoms with E-state index in [-0.39, 0.29) is 5.91 Å². The molecule has 5 nitrogen and oxygen atoms in total. The van der Waals surface area contributed by atoms with Crippen LogP contribution >= 0.6 is 35.6 Å². The highest BCUT2D eigenvalue weighted by atomic mass is 35.5. The zero-order valence-corrected chi connectivity index (χ0v) is 16.5. The molecule has 0 saturated carbocycles. The third kappa shape index (κ3) is 3.58. The molecule has 1 fully saturated rings. The molecule has 8 heteroatoms. The Morgan fingerprint density at radius 2 is 2.22 bits per heavy atom. The second-order valence-corrected chi connectivity index (χ2v) is 7.81. The van der Waals surface area contributed by atoms with Crippen LogP contribution in [0.5, 0.6) is 5.75 Å². The molecule has 1 aliphatic heterocycles. The molecule has 27 heavy (non-hydrogen) atoms. The minimum absolute atomic E-state index is 0.178. The Bertz CT molecular complexity index is 1080. The van der Waals surface area contributed by atoms with Gasteiger partial charge in [-0.25, -0.2) is 4.98 Å². The highest BCUT2D eigenvalue weighted by molar-refractivity contribution is 8.26. The standard InChI is InChI=1S/C19H13ClN2O3S2/c1-24-13-4-5-15-11(8-13)7-12(17(20)21-15)9-16-18(23)22(19(26)27-16)10-14-3-2-6-25-14/h2-9H,10H2,1H3. The van der Waals surface area contributed by atoms with Crippen molar-refractivity contribution in [1.82, 2.24) is 9.88 Å². The summed E-state index contributed by atoms with van der Waals surface area (Å²) in [5, 5.41) is 1.19. The first kappa shape index (κ1) is 18.0. The number of fused-ring (bicyclic) bond motifs is 1. The average molecular weight is 417 g/mol. The van der Waals surface area contributed by atoms with Gasteiger partial charge >= 0.3 is 0 Å². The minimum Gasteiger partial charge on any atom is -0.497 e. The third-order valence-electron chi connectivity index (χ3n) is 4.06. The minimum atomic E-state index is -0.178. The van der Waals surface area contributed by atoms with Gasteiger partial charge in [0.1, 0.15) is 21.0 Å². The number of thiocarbonyl (C=S) groups is 1. The molecular weight excluding hydrogens is 404 g/mol. The van der Waals surface area contributed by atoms with Crippen molar-refractivity contribution < 1.29 is 13.9 Å². The third-order valence-corrected chi connectivity index (χ3v) is 5.74. The van der Waals surface area contributed by atoms with Gasteiger partial charge in [-0.2, -0.15) is 0 Å². The second kappa shape index (κ2) is 7.34. The number of furan rings is 1. The number of carbonyl (C=O) groups excluding carboxylic acids is 1. The Balaban J connectivity index is 1.67. The maximum absolute atomic E-state index is 12.7. The number of aromatic nitrogens is 1. The number of hydrogen-bond acceptors (Lipinski definition) is 6. The van der Waals surface area contributed by atoms with E-state index in [4.69, 9.17) is 33.0 Å². The number of carbonyl (C=O) groups is 1. The number of hydrogen-bond donors (Lipinski definition) is 0. The van der Waals surface area contributed by atoms with Gasteiger partial charge in [-0.05, 0) is 42.5 Å². The maximum atomic E-state index is 12.7. The van der Waals surface area contributed by atoms with Crippen LogP contribution in [-0.4, -0.2) is 27.2 Å². The summed E-state index contributed by atoms with van der Waals surface area (Å²) in [4.78, 5) is 19.2. The van der Waals surface area contributed by atoms with Crippen molar-refractivity contribution >= 4 is 62.8 Å². The van der Waals surface area contributed by atoms with E-state index < -0.39 is 0 Å². The summed E-state index contributed by atoms with van der Waals surface area (Å²) in [5.41, 5.74) is 1.40. The quantitative estimate of drug-likeness (QED) is 0.343. The number of methoxy groups -OCH3 is 1. The highest BCUT2D eigenvalue weighted by Crippen LogP contribution is 2.35. The predicted octanol–water partition coefficient (Wildman–Crippen LogP) is 4.89. The van der Waals surface area contributed by atoms with Gasteiger partial charge in [0.25, 0.3) is 5.91 Å². The molecule has 0 bridgehead atoms. The van der Waals surface area contributed by atoms with Crippen molar-refractivity contribution in [2.24, 2.45) is 0 Å². The lowest BCUT2D eigenvalue weighted by Crippen LogP contribution is -2.27. The van der Waals surface area contributed by atoms with Crippen molar-refractivity contribution in [3.63, 3.8) is 0 Å². The van der Waals surface area contributed by atoms with Gasteiger partial charge in [-0.1, -0.05) is 35.6 Å². The molecule has 3 heterocycles. The SMILES string of the molecule is COc1ccc2nc(Cl)c(C=C3SC(=S)N(Cc4ccco4)C3=O)cc2c1. The topological polar surface area (TPSA) is 55.6 Å². The molecule has 0 unspecified atom stereocenters. The van der Waals surface area contributed by atoms with Gasteiger partial charge in [0.2, 0.25) is 0 Å². The fourth-order valence-corrected chi connectivity index (χ4v) is 4.16. The van der Waals surface area contributed by atoms with Crippen LogP contribution in [0, 0.1) is 0 Å². The van der Waals surface area contributed by atoms with Crippen LogP contribution in [0.2, 0.25) is 5.15 Å². The van der Waals surface area contributed by atoms with Crippen LogP contribution in [0.1, 0.15) is 11.3 Å². The fourth-order valence-electron chi connectivity index (χ4n) is 2.71. The second-order valence-electron chi connectivity index (χ2n) is 5.77. The Hall–Kier alpha value is -2.35. The number of nitrogens with zero attached hydrogens (tertiary/aromatic N) is 2. The van der Waals surface area contributed by atoms with Gasteiger partial charge in [0, 0.05) is 10.9 Å². The lowest BCUT2D eigenvalue weighted by Gasteiger charge is -2.12. The number of benzene rings is 1. The molecule has 0 aliphatic carbocycles. The van der Waals surface area contributed by atoms with E-state index >= 15 is 0 Å². The first-order valence-electron chi connectivity index (χ1n) is 7.97. The van der Waals surface area contributed by atoms with Gasteiger partial charge < -0.3 is 9.15 Å². The molecule has 4 rings (SSSR count). The zero-order chi connectivity index (χ0) is 19.0. The fraction of sp³-hybridized carbons (Fsp3) is 0.105. The molecule has 0 atom stereocenters. The summed E-state index contributed by atoms with van der Waals surface area (Å²) in [6.07, 6.45) is 3.29. The normalized spacial score (nSPS) is 15.9. The molecule has 136 valence electrons.